The molecule has 1 aromatic carbocycles. The number of urea groups is 1. The second kappa shape index (κ2) is 8.94. The molecule has 1 fully saturated rings. The largest absolute Gasteiger partial charge is 0.338 e. The van der Waals surface area contributed by atoms with Gasteiger partial charge in [0.2, 0.25) is 5.01 Å². The number of benzene rings is 1. The van der Waals surface area contributed by atoms with Gasteiger partial charge in [-0.1, -0.05) is 36.0 Å². The molecule has 1 aromatic heterocycles. The Kier molecular flexibility index (Phi) is 6.39. The molecule has 1 aliphatic rings. The van der Waals surface area contributed by atoms with Gasteiger partial charge in [-0.05, 0) is 38.3 Å². The number of anilines is 1. The molecule has 2 N–H and O–H groups in total. The third-order valence-corrected chi connectivity index (χ3v) is 5.61. The third-order valence-electron chi connectivity index (χ3n) is 4.53. The van der Waals surface area contributed by atoms with Crippen molar-refractivity contribution in [2.75, 3.05) is 25.0 Å². The van der Waals surface area contributed by atoms with E-state index in [-0.39, 0.29) is 17.9 Å². The van der Waals surface area contributed by atoms with Crippen LogP contribution in [0.4, 0.5) is 10.5 Å². The summed E-state index contributed by atoms with van der Waals surface area (Å²) in [6.45, 7) is 6.08. The fraction of sp³-hybridized carbons (Fsp3) is 0.474. The Morgan fingerprint density at radius 2 is 2.04 bits per heavy atom. The van der Waals surface area contributed by atoms with Crippen molar-refractivity contribution in [2.24, 2.45) is 0 Å². The molecule has 0 saturated carbocycles. The number of nitrogens with zero attached hydrogens (tertiary/aromatic N) is 3. The number of likely N-dealkylation sites (tertiary alicyclic amines) is 1. The number of nitrogens with one attached hydrogen (secondary N) is 2. The molecule has 3 rings (SSSR count). The Morgan fingerprint density at radius 3 is 2.78 bits per heavy atom. The maximum Gasteiger partial charge on any atom is 0.317 e. The van der Waals surface area contributed by atoms with Crippen LogP contribution in [0.25, 0.3) is 0 Å². The molecular weight excluding hydrogens is 362 g/mol. The minimum atomic E-state index is -0.254. The molecule has 1 atom stereocenters. The van der Waals surface area contributed by atoms with E-state index in [4.69, 9.17) is 0 Å². The number of rotatable bonds is 5. The highest BCUT2D eigenvalue weighted by atomic mass is 32.1. The molecule has 0 spiro atoms. The van der Waals surface area contributed by atoms with E-state index in [9.17, 15) is 9.59 Å². The molecule has 27 heavy (non-hydrogen) atoms. The molecule has 0 radical (unpaired) electrons. The van der Waals surface area contributed by atoms with Gasteiger partial charge in [-0.3, -0.25) is 4.79 Å². The predicted molar refractivity (Wildman–Crippen MR) is 106 cm³/mol. The van der Waals surface area contributed by atoms with Gasteiger partial charge in [0, 0.05) is 31.2 Å². The van der Waals surface area contributed by atoms with Gasteiger partial charge in [0.25, 0.3) is 5.91 Å². The van der Waals surface area contributed by atoms with E-state index in [0.29, 0.717) is 18.1 Å². The first-order valence-electron chi connectivity index (χ1n) is 9.31. The molecule has 1 unspecified atom stereocenters. The molecule has 144 valence electrons. The maximum absolute atomic E-state index is 12.4. The average Bonchev–Trinajstić information content (AvgIpc) is 3.18. The number of carbonyl (C=O) groups excluding carboxylic acids is 2. The average molecular weight is 388 g/mol. The van der Waals surface area contributed by atoms with Gasteiger partial charge in [0.15, 0.2) is 0 Å². The molecule has 0 bridgehead atoms. The Morgan fingerprint density at radius 1 is 1.26 bits per heavy atom. The summed E-state index contributed by atoms with van der Waals surface area (Å²) in [5, 5.41) is 15.2. The summed E-state index contributed by atoms with van der Waals surface area (Å²) in [6, 6.07) is 7.60. The van der Waals surface area contributed by atoms with Crippen LogP contribution < -0.4 is 10.6 Å². The Labute approximate surface area is 163 Å². The minimum absolute atomic E-state index is 0.0246. The second-order valence-corrected chi connectivity index (χ2v) is 7.79. The number of hydrogen-bond donors (Lipinski definition) is 2. The monoisotopic (exact) mass is 387 g/mol. The molecular formula is C19H25N5O2S. The highest BCUT2D eigenvalue weighted by Gasteiger charge is 2.28. The van der Waals surface area contributed by atoms with E-state index in [1.807, 2.05) is 43.0 Å². The van der Waals surface area contributed by atoms with Crippen molar-refractivity contribution in [3.63, 3.8) is 0 Å². The summed E-state index contributed by atoms with van der Waals surface area (Å²) in [4.78, 5) is 26.4. The molecule has 2 aromatic rings. The van der Waals surface area contributed by atoms with E-state index in [0.717, 1.165) is 42.1 Å². The van der Waals surface area contributed by atoms with Gasteiger partial charge in [0.05, 0.1) is 0 Å². The fourth-order valence-corrected chi connectivity index (χ4v) is 3.88. The van der Waals surface area contributed by atoms with Crippen LogP contribution in [0, 0.1) is 6.92 Å². The maximum atomic E-state index is 12.4. The smallest absolute Gasteiger partial charge is 0.317 e. The molecule has 8 heteroatoms. The lowest BCUT2D eigenvalue weighted by Gasteiger charge is -2.31. The molecule has 7 nitrogen and oxygen atoms in total. The van der Waals surface area contributed by atoms with Crippen LogP contribution in [-0.4, -0.2) is 46.7 Å². The Balaban J connectivity index is 1.61. The fourth-order valence-electron chi connectivity index (χ4n) is 3.02. The topological polar surface area (TPSA) is 87.2 Å². The number of carbonyl (C=O) groups is 2. The van der Waals surface area contributed by atoms with Crippen LogP contribution in [0.2, 0.25) is 0 Å². The molecule has 2 heterocycles. The van der Waals surface area contributed by atoms with Crippen LogP contribution in [0.5, 0.6) is 0 Å². The van der Waals surface area contributed by atoms with Gasteiger partial charge in [0.1, 0.15) is 5.01 Å². The van der Waals surface area contributed by atoms with Crippen LogP contribution >= 0.6 is 11.3 Å². The van der Waals surface area contributed by atoms with Crippen molar-refractivity contribution in [3.8, 4) is 0 Å². The third kappa shape index (κ3) is 5.03. The van der Waals surface area contributed by atoms with Crippen molar-refractivity contribution in [1.29, 1.82) is 0 Å². The summed E-state index contributed by atoms with van der Waals surface area (Å²) in [5.74, 6) is -0.125. The van der Waals surface area contributed by atoms with Crippen molar-refractivity contribution in [2.45, 2.75) is 39.0 Å². The van der Waals surface area contributed by atoms with Gasteiger partial charge in [-0.25, -0.2) is 4.79 Å². The summed E-state index contributed by atoms with van der Waals surface area (Å²) in [7, 11) is 0. The van der Waals surface area contributed by atoms with Crippen LogP contribution in [-0.2, 0) is 0 Å². The van der Waals surface area contributed by atoms with E-state index in [1.54, 1.807) is 0 Å². The minimum Gasteiger partial charge on any atom is -0.338 e. The standard InChI is InChI=1S/C19H25N5O2S/c1-3-10-20-19(26)24-11-4-5-14(12-24)17-22-23-18(27-17)16(25)21-15-8-6-13(2)7-9-15/h6-9,14H,3-5,10-12H2,1-2H3,(H,20,26)(H,21,25). The zero-order valence-corrected chi connectivity index (χ0v) is 16.5. The predicted octanol–water partition coefficient (Wildman–Crippen LogP) is 3.40. The number of aryl methyl sites for hydroxylation is 1. The highest BCUT2D eigenvalue weighted by Crippen LogP contribution is 2.29. The summed E-state index contributed by atoms with van der Waals surface area (Å²) in [6.07, 6.45) is 2.79. The number of aromatic nitrogens is 2. The zero-order valence-electron chi connectivity index (χ0n) is 15.7. The van der Waals surface area contributed by atoms with E-state index >= 15 is 0 Å². The lowest BCUT2D eigenvalue weighted by molar-refractivity contribution is 0.102. The van der Waals surface area contributed by atoms with E-state index in [2.05, 4.69) is 20.8 Å². The summed E-state index contributed by atoms with van der Waals surface area (Å²) < 4.78 is 0. The number of hydrogen-bond acceptors (Lipinski definition) is 5. The number of amides is 3. The van der Waals surface area contributed by atoms with E-state index in [1.165, 1.54) is 11.3 Å². The normalized spacial score (nSPS) is 16.8. The zero-order chi connectivity index (χ0) is 19.2. The molecule has 0 aliphatic carbocycles. The molecule has 1 aliphatic heterocycles. The molecule has 3 amide bonds. The van der Waals surface area contributed by atoms with Crippen molar-refractivity contribution in [3.05, 3.63) is 39.8 Å². The van der Waals surface area contributed by atoms with Crippen molar-refractivity contribution >= 4 is 29.0 Å². The van der Waals surface area contributed by atoms with Gasteiger partial charge >= 0.3 is 6.03 Å². The first-order chi connectivity index (χ1) is 13.1. The Bertz CT molecular complexity index is 790. The Hall–Kier alpha value is -2.48. The van der Waals surface area contributed by atoms with Crippen molar-refractivity contribution in [1.82, 2.24) is 20.4 Å². The first-order valence-corrected chi connectivity index (χ1v) is 10.1. The quantitative estimate of drug-likeness (QED) is 0.823. The van der Waals surface area contributed by atoms with E-state index < -0.39 is 0 Å². The van der Waals surface area contributed by atoms with Gasteiger partial charge < -0.3 is 15.5 Å². The van der Waals surface area contributed by atoms with Crippen LogP contribution in [0.1, 0.15) is 52.5 Å². The summed E-state index contributed by atoms with van der Waals surface area (Å²) in [5.41, 5.74) is 1.87. The summed E-state index contributed by atoms with van der Waals surface area (Å²) >= 11 is 1.31. The first kappa shape index (κ1) is 19.3. The van der Waals surface area contributed by atoms with Crippen LogP contribution in [0.3, 0.4) is 0 Å². The highest BCUT2D eigenvalue weighted by molar-refractivity contribution is 7.13. The SMILES string of the molecule is CCCNC(=O)N1CCCC(c2nnc(C(=O)Nc3ccc(C)cc3)s2)C1. The van der Waals surface area contributed by atoms with Crippen molar-refractivity contribution < 1.29 is 9.59 Å². The lowest BCUT2D eigenvalue weighted by Crippen LogP contribution is -2.45. The number of piperidine rings is 1. The van der Waals surface area contributed by atoms with Gasteiger partial charge in [-0.15, -0.1) is 10.2 Å². The second-order valence-electron chi connectivity index (χ2n) is 6.78. The van der Waals surface area contributed by atoms with Gasteiger partial charge in [-0.2, -0.15) is 0 Å². The molecule has 1 saturated heterocycles. The van der Waals surface area contributed by atoms with Crippen LogP contribution in [0.15, 0.2) is 24.3 Å². The lowest BCUT2D eigenvalue weighted by atomic mass is 9.99.